The van der Waals surface area contributed by atoms with Crippen LogP contribution in [0, 0.1) is 0 Å². The Kier molecular flexibility index (Phi) is 4.37. The van der Waals surface area contributed by atoms with Gasteiger partial charge in [-0.2, -0.15) is 0 Å². The molecule has 1 heterocycles. The molecule has 1 aromatic carbocycles. The van der Waals surface area contributed by atoms with Crippen molar-refractivity contribution in [3.63, 3.8) is 0 Å². The van der Waals surface area contributed by atoms with Gasteiger partial charge in [-0.15, -0.1) is 0 Å². The van der Waals surface area contributed by atoms with Gasteiger partial charge in [-0.3, -0.25) is 4.79 Å². The number of benzene rings is 1. The van der Waals surface area contributed by atoms with Crippen LogP contribution in [-0.4, -0.2) is 29.9 Å². The number of carbonyl (C=O) groups is 1. The second-order valence-corrected chi connectivity index (χ2v) is 4.96. The Balaban J connectivity index is 2.04. The van der Waals surface area contributed by atoms with Crippen molar-refractivity contribution in [3.8, 4) is 0 Å². The largest absolute Gasteiger partial charge is 0.337 e. The molecule has 1 amide bonds. The van der Waals surface area contributed by atoms with Crippen molar-refractivity contribution < 1.29 is 4.79 Å². The first kappa shape index (κ1) is 13.1. The summed E-state index contributed by atoms with van der Waals surface area (Å²) in [4.78, 5) is 14.1. The topological polar surface area (TPSA) is 32.3 Å². The summed E-state index contributed by atoms with van der Waals surface area (Å²) in [6.45, 7) is 6.61. The van der Waals surface area contributed by atoms with E-state index in [1.165, 1.54) is 11.1 Å². The Hall–Kier alpha value is -1.35. The lowest BCUT2D eigenvalue weighted by Crippen LogP contribution is -2.41. The van der Waals surface area contributed by atoms with Crippen LogP contribution in [0.25, 0.3) is 0 Å². The van der Waals surface area contributed by atoms with Crippen molar-refractivity contribution in [1.82, 2.24) is 10.2 Å². The molecular weight excluding hydrogens is 224 g/mol. The first-order valence-electron chi connectivity index (χ1n) is 6.80. The van der Waals surface area contributed by atoms with Gasteiger partial charge in [0.05, 0.1) is 6.04 Å². The summed E-state index contributed by atoms with van der Waals surface area (Å²) in [7, 11) is 0. The summed E-state index contributed by atoms with van der Waals surface area (Å²) < 4.78 is 0. The zero-order valence-corrected chi connectivity index (χ0v) is 11.3. The van der Waals surface area contributed by atoms with Gasteiger partial charge in [0.15, 0.2) is 0 Å². The number of hydrogen-bond acceptors (Lipinski definition) is 2. The Labute approximate surface area is 109 Å². The van der Waals surface area contributed by atoms with Gasteiger partial charge in [0.2, 0.25) is 5.91 Å². The maximum absolute atomic E-state index is 12.1. The van der Waals surface area contributed by atoms with E-state index in [1.54, 1.807) is 0 Å². The van der Waals surface area contributed by atoms with Crippen LogP contribution in [0.4, 0.5) is 0 Å². The standard InChI is InChI=1S/C15H22N2O/c1-3-13-5-7-14(8-6-13)11-17-10-4-9-16-12(2)15(17)18/h5-8,12,16H,3-4,9-11H2,1-2H3. The Morgan fingerprint density at radius 2 is 1.94 bits per heavy atom. The zero-order valence-electron chi connectivity index (χ0n) is 11.3. The molecule has 1 aliphatic rings. The molecule has 0 saturated carbocycles. The number of nitrogens with one attached hydrogen (secondary N) is 1. The molecule has 0 spiro atoms. The fraction of sp³-hybridized carbons (Fsp3) is 0.533. The lowest BCUT2D eigenvalue weighted by molar-refractivity contribution is -0.132. The molecule has 1 N–H and O–H groups in total. The Morgan fingerprint density at radius 3 is 2.61 bits per heavy atom. The number of rotatable bonds is 3. The highest BCUT2D eigenvalue weighted by Gasteiger charge is 2.22. The van der Waals surface area contributed by atoms with Crippen molar-refractivity contribution in [1.29, 1.82) is 0 Å². The predicted molar refractivity (Wildman–Crippen MR) is 73.3 cm³/mol. The van der Waals surface area contributed by atoms with E-state index in [0.29, 0.717) is 0 Å². The summed E-state index contributed by atoms with van der Waals surface area (Å²) >= 11 is 0. The number of nitrogens with zero attached hydrogens (tertiary/aromatic N) is 1. The third kappa shape index (κ3) is 3.10. The minimum atomic E-state index is -0.0533. The molecule has 18 heavy (non-hydrogen) atoms. The molecule has 1 saturated heterocycles. The molecule has 98 valence electrons. The number of hydrogen-bond donors (Lipinski definition) is 1. The van der Waals surface area contributed by atoms with Crippen LogP contribution in [0.2, 0.25) is 0 Å². The second kappa shape index (κ2) is 6.01. The quantitative estimate of drug-likeness (QED) is 0.884. The van der Waals surface area contributed by atoms with Crippen molar-refractivity contribution in [2.75, 3.05) is 13.1 Å². The van der Waals surface area contributed by atoms with Gasteiger partial charge in [0.1, 0.15) is 0 Å². The van der Waals surface area contributed by atoms with Crippen molar-refractivity contribution in [2.45, 2.75) is 39.3 Å². The van der Waals surface area contributed by atoms with E-state index in [-0.39, 0.29) is 11.9 Å². The van der Waals surface area contributed by atoms with E-state index in [0.717, 1.165) is 32.5 Å². The second-order valence-electron chi connectivity index (χ2n) is 4.96. The fourth-order valence-electron chi connectivity index (χ4n) is 2.32. The molecule has 2 rings (SSSR count). The molecule has 1 fully saturated rings. The summed E-state index contributed by atoms with van der Waals surface area (Å²) in [5.41, 5.74) is 2.56. The lowest BCUT2D eigenvalue weighted by Gasteiger charge is -2.22. The number of aryl methyl sites for hydroxylation is 1. The fourth-order valence-corrected chi connectivity index (χ4v) is 2.32. The van der Waals surface area contributed by atoms with Gasteiger partial charge < -0.3 is 10.2 Å². The monoisotopic (exact) mass is 246 g/mol. The average Bonchev–Trinajstić information content (AvgIpc) is 2.55. The molecule has 1 aliphatic heterocycles. The van der Waals surface area contributed by atoms with E-state index in [1.807, 2.05) is 11.8 Å². The van der Waals surface area contributed by atoms with Crippen molar-refractivity contribution in [2.24, 2.45) is 0 Å². The van der Waals surface area contributed by atoms with Gasteiger partial charge in [-0.05, 0) is 37.4 Å². The van der Waals surface area contributed by atoms with Crippen LogP contribution in [0.15, 0.2) is 24.3 Å². The van der Waals surface area contributed by atoms with E-state index < -0.39 is 0 Å². The molecule has 1 unspecified atom stereocenters. The van der Waals surface area contributed by atoms with Crippen molar-refractivity contribution in [3.05, 3.63) is 35.4 Å². The summed E-state index contributed by atoms with van der Waals surface area (Å²) in [5, 5.41) is 3.24. The minimum absolute atomic E-state index is 0.0533. The van der Waals surface area contributed by atoms with Gasteiger partial charge in [-0.1, -0.05) is 31.2 Å². The molecule has 0 aliphatic carbocycles. The third-order valence-corrected chi connectivity index (χ3v) is 3.54. The Bertz CT molecular complexity index is 399. The van der Waals surface area contributed by atoms with E-state index in [9.17, 15) is 4.79 Å². The normalized spacial score (nSPS) is 20.9. The van der Waals surface area contributed by atoms with Crippen LogP contribution in [0.5, 0.6) is 0 Å². The van der Waals surface area contributed by atoms with Crippen LogP contribution >= 0.6 is 0 Å². The first-order valence-corrected chi connectivity index (χ1v) is 6.80. The molecule has 1 atom stereocenters. The highest BCUT2D eigenvalue weighted by Crippen LogP contribution is 2.11. The molecule has 0 radical (unpaired) electrons. The molecule has 0 aromatic heterocycles. The van der Waals surface area contributed by atoms with Crippen LogP contribution < -0.4 is 5.32 Å². The zero-order chi connectivity index (χ0) is 13.0. The van der Waals surface area contributed by atoms with Gasteiger partial charge in [-0.25, -0.2) is 0 Å². The van der Waals surface area contributed by atoms with Crippen LogP contribution in [-0.2, 0) is 17.8 Å². The van der Waals surface area contributed by atoms with Crippen molar-refractivity contribution >= 4 is 5.91 Å². The third-order valence-electron chi connectivity index (χ3n) is 3.54. The number of amides is 1. The van der Waals surface area contributed by atoms with Gasteiger partial charge >= 0.3 is 0 Å². The molecule has 0 bridgehead atoms. The van der Waals surface area contributed by atoms with Crippen LogP contribution in [0.1, 0.15) is 31.4 Å². The lowest BCUT2D eigenvalue weighted by atomic mass is 10.1. The highest BCUT2D eigenvalue weighted by molar-refractivity contribution is 5.81. The van der Waals surface area contributed by atoms with Gasteiger partial charge in [0, 0.05) is 13.1 Å². The van der Waals surface area contributed by atoms with E-state index >= 15 is 0 Å². The van der Waals surface area contributed by atoms with Gasteiger partial charge in [0.25, 0.3) is 0 Å². The van der Waals surface area contributed by atoms with E-state index in [2.05, 4.69) is 36.5 Å². The maximum Gasteiger partial charge on any atom is 0.239 e. The Morgan fingerprint density at radius 1 is 1.28 bits per heavy atom. The molecule has 3 heteroatoms. The maximum atomic E-state index is 12.1. The molecule has 1 aromatic rings. The molecular formula is C15H22N2O. The summed E-state index contributed by atoms with van der Waals surface area (Å²) in [6.07, 6.45) is 2.09. The predicted octanol–water partition coefficient (Wildman–Crippen LogP) is 1.96. The van der Waals surface area contributed by atoms with E-state index in [4.69, 9.17) is 0 Å². The summed E-state index contributed by atoms with van der Waals surface area (Å²) in [5.74, 6) is 0.215. The molecule has 3 nitrogen and oxygen atoms in total. The average molecular weight is 246 g/mol. The smallest absolute Gasteiger partial charge is 0.239 e. The minimum Gasteiger partial charge on any atom is -0.337 e. The summed E-state index contributed by atoms with van der Waals surface area (Å²) in [6, 6.07) is 8.52. The first-order chi connectivity index (χ1) is 8.70. The highest BCUT2D eigenvalue weighted by atomic mass is 16.2. The number of carbonyl (C=O) groups excluding carboxylic acids is 1. The SMILES string of the molecule is CCc1ccc(CN2CCCNC(C)C2=O)cc1. The van der Waals surface area contributed by atoms with Crippen LogP contribution in [0.3, 0.4) is 0 Å².